The van der Waals surface area contributed by atoms with Crippen molar-refractivity contribution < 1.29 is 4.74 Å². The van der Waals surface area contributed by atoms with Crippen LogP contribution in [0.2, 0.25) is 0 Å². The Labute approximate surface area is 224 Å². The molecule has 2 aliphatic heterocycles. The van der Waals surface area contributed by atoms with Crippen molar-refractivity contribution >= 4 is 21.6 Å². The lowest BCUT2D eigenvalue weighted by atomic mass is 9.78. The number of nitrogens with one attached hydrogen (secondary N) is 1. The van der Waals surface area contributed by atoms with Gasteiger partial charge in [0.05, 0.1) is 22.3 Å². The number of benzene rings is 3. The number of nitrogens with zero attached hydrogens (tertiary/aromatic N) is 2. The average Bonchev–Trinajstić information content (AvgIpc) is 3.63. The van der Waals surface area contributed by atoms with Gasteiger partial charge < -0.3 is 10.1 Å². The average molecular weight is 512 g/mol. The largest absolute Gasteiger partial charge is 0.496 e. The van der Waals surface area contributed by atoms with E-state index in [0.717, 1.165) is 17.8 Å². The molecule has 37 heavy (non-hydrogen) atoms. The second-order valence-corrected chi connectivity index (χ2v) is 12.7. The maximum absolute atomic E-state index is 5.87. The quantitative estimate of drug-likeness (QED) is 0.303. The Morgan fingerprint density at radius 1 is 1.03 bits per heavy atom. The van der Waals surface area contributed by atoms with Crippen LogP contribution in [0.1, 0.15) is 54.8 Å². The highest BCUT2D eigenvalue weighted by atomic mass is 32.1. The Bertz CT molecular complexity index is 1320. The van der Waals surface area contributed by atoms with Crippen LogP contribution in [-0.2, 0) is 12.0 Å². The Balaban J connectivity index is 1.32. The number of rotatable bonds is 7. The van der Waals surface area contributed by atoms with Gasteiger partial charge in [0.25, 0.3) is 0 Å². The third-order valence-electron chi connectivity index (χ3n) is 8.17. The van der Waals surface area contributed by atoms with E-state index in [1.54, 1.807) is 18.4 Å². The SMILES string of the molecule is COc1cc2sc(C(C)(C)C)nc2cc1CN[C@@H]1[C@@H]2CC[N@](C2)[C@@H]1C(c1ccccc1)c1ccccc1. The summed E-state index contributed by atoms with van der Waals surface area (Å²) in [6.07, 6.45) is 1.27. The van der Waals surface area contributed by atoms with Crippen molar-refractivity contribution in [3.8, 4) is 5.75 Å². The van der Waals surface area contributed by atoms with Gasteiger partial charge in [0.1, 0.15) is 5.75 Å². The fourth-order valence-electron chi connectivity index (χ4n) is 6.37. The van der Waals surface area contributed by atoms with Crippen LogP contribution in [0.5, 0.6) is 5.75 Å². The fraction of sp³-hybridized carbons (Fsp3) is 0.406. The van der Waals surface area contributed by atoms with Crippen molar-refractivity contribution in [1.82, 2.24) is 15.2 Å². The lowest BCUT2D eigenvalue weighted by molar-refractivity contribution is 0.197. The van der Waals surface area contributed by atoms with Crippen molar-refractivity contribution in [2.75, 3.05) is 20.2 Å². The molecule has 5 heteroatoms. The Hall–Kier alpha value is -2.73. The highest BCUT2D eigenvalue weighted by Gasteiger charge is 2.49. The molecule has 0 unspecified atom stereocenters. The number of methoxy groups -OCH3 is 1. The van der Waals surface area contributed by atoms with E-state index in [0.29, 0.717) is 23.9 Å². The number of aromatic nitrogens is 1. The molecule has 2 bridgehead atoms. The van der Waals surface area contributed by atoms with Gasteiger partial charge in [-0.05, 0) is 42.1 Å². The first kappa shape index (κ1) is 24.6. The number of thiazole rings is 1. The van der Waals surface area contributed by atoms with Gasteiger partial charge in [0.15, 0.2) is 0 Å². The zero-order valence-corrected chi connectivity index (χ0v) is 23.1. The van der Waals surface area contributed by atoms with E-state index in [-0.39, 0.29) is 5.41 Å². The number of hydrogen-bond acceptors (Lipinski definition) is 5. The summed E-state index contributed by atoms with van der Waals surface area (Å²) in [5.74, 6) is 1.95. The van der Waals surface area contributed by atoms with E-state index >= 15 is 0 Å². The van der Waals surface area contributed by atoms with Crippen molar-refractivity contribution in [3.05, 3.63) is 94.5 Å². The molecule has 3 heterocycles. The predicted molar refractivity (Wildman–Crippen MR) is 154 cm³/mol. The van der Waals surface area contributed by atoms with E-state index in [2.05, 4.69) is 104 Å². The van der Waals surface area contributed by atoms with Gasteiger partial charge in [-0.3, -0.25) is 4.90 Å². The van der Waals surface area contributed by atoms with Gasteiger partial charge in [0.2, 0.25) is 0 Å². The summed E-state index contributed by atoms with van der Waals surface area (Å²) in [6, 6.07) is 27.4. The molecule has 6 rings (SSSR count). The van der Waals surface area contributed by atoms with Gasteiger partial charge in [-0.15, -0.1) is 11.3 Å². The van der Waals surface area contributed by atoms with Crippen molar-refractivity contribution in [1.29, 1.82) is 0 Å². The minimum atomic E-state index is 0.0456. The molecule has 4 nitrogen and oxygen atoms in total. The van der Waals surface area contributed by atoms with E-state index in [1.807, 2.05) is 0 Å². The Kier molecular flexibility index (Phi) is 6.56. The summed E-state index contributed by atoms with van der Waals surface area (Å²) in [7, 11) is 1.78. The van der Waals surface area contributed by atoms with Crippen LogP contribution >= 0.6 is 11.3 Å². The minimum Gasteiger partial charge on any atom is -0.496 e. The molecule has 0 radical (unpaired) electrons. The second-order valence-electron chi connectivity index (χ2n) is 11.6. The number of ether oxygens (including phenoxy) is 1. The van der Waals surface area contributed by atoms with E-state index in [9.17, 15) is 0 Å². The minimum absolute atomic E-state index is 0.0456. The summed E-state index contributed by atoms with van der Waals surface area (Å²) >= 11 is 1.78. The molecule has 2 aliphatic rings. The first-order chi connectivity index (χ1) is 17.9. The molecule has 0 amide bonds. The molecule has 2 saturated heterocycles. The monoisotopic (exact) mass is 511 g/mol. The van der Waals surface area contributed by atoms with Crippen LogP contribution in [0.15, 0.2) is 72.8 Å². The number of piperidine rings is 1. The van der Waals surface area contributed by atoms with E-state index in [1.165, 1.54) is 45.9 Å². The smallest absolute Gasteiger partial charge is 0.124 e. The third-order valence-corrected chi connectivity index (χ3v) is 9.62. The zero-order valence-electron chi connectivity index (χ0n) is 22.3. The molecule has 4 aromatic rings. The Morgan fingerprint density at radius 3 is 2.32 bits per heavy atom. The van der Waals surface area contributed by atoms with E-state index in [4.69, 9.17) is 9.72 Å². The maximum Gasteiger partial charge on any atom is 0.124 e. The second kappa shape index (κ2) is 9.86. The van der Waals surface area contributed by atoms with E-state index < -0.39 is 0 Å². The molecule has 3 aromatic carbocycles. The summed E-state index contributed by atoms with van der Waals surface area (Å²) in [5, 5.41) is 5.20. The van der Waals surface area contributed by atoms with Gasteiger partial charge in [0, 0.05) is 42.1 Å². The number of hydrogen-bond donors (Lipinski definition) is 1. The van der Waals surface area contributed by atoms with Crippen LogP contribution in [0.4, 0.5) is 0 Å². The fourth-order valence-corrected chi connectivity index (χ4v) is 7.41. The molecule has 1 N–H and O–H groups in total. The molecule has 192 valence electrons. The highest BCUT2D eigenvalue weighted by molar-refractivity contribution is 7.18. The number of fused-ring (bicyclic) bond motifs is 3. The van der Waals surface area contributed by atoms with Gasteiger partial charge >= 0.3 is 0 Å². The van der Waals surface area contributed by atoms with Crippen LogP contribution in [0.25, 0.3) is 10.2 Å². The van der Waals surface area contributed by atoms with Gasteiger partial charge in [-0.2, -0.15) is 0 Å². The van der Waals surface area contributed by atoms with Crippen LogP contribution in [-0.4, -0.2) is 42.2 Å². The van der Waals surface area contributed by atoms with Crippen molar-refractivity contribution in [2.24, 2.45) is 5.92 Å². The standard InChI is InChI=1S/C32H37N3OS/c1-32(2,3)31-34-25-17-24(26(36-4)18-27(25)37-31)19-33-29-23-15-16-35(20-23)30(29)28(21-11-7-5-8-12-21)22-13-9-6-10-14-22/h5-14,17-18,23,28-30,33H,15-16,19-20H2,1-4H3/t23-,29-,30-/m1/s1. The van der Waals surface area contributed by atoms with Crippen LogP contribution in [0, 0.1) is 5.92 Å². The molecule has 0 aliphatic carbocycles. The molecule has 4 atom stereocenters. The maximum atomic E-state index is 5.87. The van der Waals surface area contributed by atoms with Gasteiger partial charge in [-0.25, -0.2) is 4.98 Å². The van der Waals surface area contributed by atoms with Crippen LogP contribution in [0.3, 0.4) is 0 Å². The summed E-state index contributed by atoms with van der Waals surface area (Å²) in [4.78, 5) is 7.71. The molecule has 2 fully saturated rings. The molecular weight excluding hydrogens is 474 g/mol. The third kappa shape index (κ3) is 4.69. The summed E-state index contributed by atoms with van der Waals surface area (Å²) < 4.78 is 7.06. The first-order valence-corrected chi connectivity index (χ1v) is 14.3. The topological polar surface area (TPSA) is 37.4 Å². The van der Waals surface area contributed by atoms with Crippen molar-refractivity contribution in [3.63, 3.8) is 0 Å². The first-order valence-electron chi connectivity index (χ1n) is 13.5. The van der Waals surface area contributed by atoms with Crippen molar-refractivity contribution in [2.45, 2.75) is 57.2 Å². The highest BCUT2D eigenvalue weighted by Crippen LogP contribution is 2.43. The lowest BCUT2D eigenvalue weighted by Gasteiger charge is -2.39. The normalized spacial score (nSPS) is 23.3. The summed E-state index contributed by atoms with van der Waals surface area (Å²) in [5.41, 5.74) is 5.10. The predicted octanol–water partition coefficient (Wildman–Crippen LogP) is 6.60. The van der Waals surface area contributed by atoms with Crippen LogP contribution < -0.4 is 10.1 Å². The molecular formula is C32H37N3OS. The molecule has 0 spiro atoms. The van der Waals surface area contributed by atoms with Gasteiger partial charge in [-0.1, -0.05) is 81.4 Å². The molecule has 1 aromatic heterocycles. The summed E-state index contributed by atoms with van der Waals surface area (Å²) in [6.45, 7) is 9.83. The lowest BCUT2D eigenvalue weighted by Crippen LogP contribution is -2.50. The zero-order chi connectivity index (χ0) is 25.6. The molecule has 0 saturated carbocycles. The Morgan fingerprint density at radius 2 is 1.70 bits per heavy atom.